The Morgan fingerprint density at radius 1 is 1.54 bits per heavy atom. The van der Waals surface area contributed by atoms with Gasteiger partial charge >= 0.3 is 10.1 Å². The van der Waals surface area contributed by atoms with Gasteiger partial charge in [0.15, 0.2) is 0 Å². The van der Waals surface area contributed by atoms with Gasteiger partial charge in [0.05, 0.1) is 0 Å². The van der Waals surface area contributed by atoms with Gasteiger partial charge < -0.3 is 10.2 Å². The number of halogens is 1. The number of aliphatic hydroxyl groups is 2. The van der Waals surface area contributed by atoms with Crippen LogP contribution in [0.15, 0.2) is 22.7 Å². The fraction of sp³-hybridized carbons (Fsp3) is 0.333. The predicted octanol–water partition coefficient (Wildman–Crippen LogP) is -0.228. The van der Waals surface area contributed by atoms with Crippen LogP contribution in [0.1, 0.15) is 0 Å². The van der Waals surface area contributed by atoms with Crippen LogP contribution in [0.3, 0.4) is 0 Å². The van der Waals surface area contributed by atoms with E-state index in [9.17, 15) is 18.6 Å². The van der Waals surface area contributed by atoms with Crippen LogP contribution in [0.2, 0.25) is 0 Å². The summed E-state index contributed by atoms with van der Waals surface area (Å²) in [5.41, 5.74) is 0. The summed E-state index contributed by atoms with van der Waals surface area (Å²) in [6, 6.07) is 0. The first-order valence-corrected chi connectivity index (χ1v) is 5.45. The second-order valence-corrected chi connectivity index (χ2v) is 5.06. The van der Waals surface area contributed by atoms with E-state index in [2.05, 4.69) is 15.9 Å². The van der Waals surface area contributed by atoms with E-state index in [1.165, 1.54) is 12.2 Å². The summed E-state index contributed by atoms with van der Waals surface area (Å²) < 4.78 is 30.2. The van der Waals surface area contributed by atoms with Gasteiger partial charge in [-0.1, -0.05) is 22.0 Å². The largest absolute Gasteiger partial charge is 0.383 e. The summed E-state index contributed by atoms with van der Waals surface area (Å²) in [5, 5.41) is 18.7. The first-order chi connectivity index (χ1) is 5.79. The number of hydrogen-bond donors (Lipinski definition) is 3. The molecule has 0 amide bonds. The summed E-state index contributed by atoms with van der Waals surface area (Å²) in [7, 11) is -4.76. The van der Waals surface area contributed by atoms with E-state index >= 15 is 0 Å². The van der Waals surface area contributed by atoms with E-state index in [1.54, 1.807) is 0 Å². The molecule has 0 aliphatic heterocycles. The predicted molar refractivity (Wildman–Crippen MR) is 48.7 cm³/mol. The Hall–Kier alpha value is -0.210. The Morgan fingerprint density at radius 2 is 2.08 bits per heavy atom. The minimum Gasteiger partial charge on any atom is -0.383 e. The van der Waals surface area contributed by atoms with Gasteiger partial charge in [0.25, 0.3) is 0 Å². The van der Waals surface area contributed by atoms with Crippen molar-refractivity contribution < 1.29 is 23.2 Å². The lowest BCUT2D eigenvalue weighted by molar-refractivity contribution is 0.0380. The fourth-order valence-corrected chi connectivity index (χ4v) is 2.20. The van der Waals surface area contributed by atoms with Crippen LogP contribution in [0.5, 0.6) is 0 Å². The van der Waals surface area contributed by atoms with Crippen LogP contribution in [-0.2, 0) is 10.1 Å². The molecule has 1 aliphatic carbocycles. The van der Waals surface area contributed by atoms with E-state index in [-0.39, 0.29) is 4.48 Å². The maximum Gasteiger partial charge on any atom is 0.302 e. The molecular formula is C6H7BrO5S. The zero-order valence-corrected chi connectivity index (χ0v) is 8.66. The topological polar surface area (TPSA) is 94.8 Å². The molecule has 5 nitrogen and oxygen atoms in total. The number of rotatable bonds is 1. The highest BCUT2D eigenvalue weighted by molar-refractivity contribution is 9.11. The molecule has 3 N–H and O–H groups in total. The first kappa shape index (κ1) is 10.9. The third-order valence-electron chi connectivity index (χ3n) is 1.66. The lowest BCUT2D eigenvalue weighted by Crippen LogP contribution is -2.48. The standard InChI is InChI=1S/C6H7BrO5S/c7-4-2-1-3-6(9,5(4)8)13(10,11)12/h1-3,5,8-9H,(H,10,11,12). The van der Waals surface area contributed by atoms with Gasteiger partial charge in [0.2, 0.25) is 4.93 Å². The van der Waals surface area contributed by atoms with Crippen LogP contribution in [-0.4, -0.2) is 34.2 Å². The highest BCUT2D eigenvalue weighted by Crippen LogP contribution is 2.30. The van der Waals surface area contributed by atoms with Crippen molar-refractivity contribution >= 4 is 26.0 Å². The summed E-state index contributed by atoms with van der Waals surface area (Å²) in [6.45, 7) is 0. The fourth-order valence-electron chi connectivity index (χ4n) is 0.885. The molecule has 13 heavy (non-hydrogen) atoms. The normalized spacial score (nSPS) is 34.5. The van der Waals surface area contributed by atoms with Gasteiger partial charge in [-0.3, -0.25) is 4.55 Å². The number of hydrogen-bond acceptors (Lipinski definition) is 4. The molecule has 2 unspecified atom stereocenters. The molecule has 0 aromatic carbocycles. The quantitative estimate of drug-likeness (QED) is 0.573. The van der Waals surface area contributed by atoms with Crippen molar-refractivity contribution in [2.45, 2.75) is 11.0 Å². The molecule has 1 aliphatic rings. The Kier molecular flexibility index (Phi) is 2.65. The van der Waals surface area contributed by atoms with E-state index in [0.29, 0.717) is 0 Å². The smallest absolute Gasteiger partial charge is 0.302 e. The van der Waals surface area contributed by atoms with Crippen LogP contribution in [0.25, 0.3) is 0 Å². The molecule has 0 aromatic heterocycles. The second kappa shape index (κ2) is 3.18. The first-order valence-electron chi connectivity index (χ1n) is 3.21. The molecule has 0 fully saturated rings. The van der Waals surface area contributed by atoms with Crippen LogP contribution < -0.4 is 0 Å². The molecule has 0 bridgehead atoms. The summed E-state index contributed by atoms with van der Waals surface area (Å²) in [6.07, 6.45) is 1.67. The van der Waals surface area contributed by atoms with Crippen molar-refractivity contribution in [1.29, 1.82) is 0 Å². The van der Waals surface area contributed by atoms with Gasteiger partial charge in [-0.15, -0.1) is 0 Å². The van der Waals surface area contributed by atoms with Crippen molar-refractivity contribution in [2.75, 3.05) is 0 Å². The molecule has 0 aromatic rings. The molecule has 0 heterocycles. The zero-order valence-electron chi connectivity index (χ0n) is 6.25. The van der Waals surface area contributed by atoms with Crippen molar-refractivity contribution in [1.82, 2.24) is 0 Å². The molecular weight excluding hydrogens is 264 g/mol. The van der Waals surface area contributed by atoms with E-state index in [0.717, 1.165) is 6.08 Å². The minimum atomic E-state index is -4.76. The van der Waals surface area contributed by atoms with Gasteiger partial charge in [0.1, 0.15) is 6.10 Å². The lowest BCUT2D eigenvalue weighted by atomic mass is 10.1. The van der Waals surface area contributed by atoms with Gasteiger partial charge in [-0.25, -0.2) is 0 Å². The number of aliphatic hydroxyl groups excluding tert-OH is 1. The molecule has 7 heteroatoms. The van der Waals surface area contributed by atoms with Crippen LogP contribution >= 0.6 is 15.9 Å². The van der Waals surface area contributed by atoms with E-state index in [4.69, 9.17) is 4.55 Å². The summed E-state index contributed by atoms with van der Waals surface area (Å²) in [5.74, 6) is 0. The SMILES string of the molecule is O=S(=O)(O)C1(O)C=CC=C(Br)C1O. The average molecular weight is 271 g/mol. The van der Waals surface area contributed by atoms with E-state index < -0.39 is 21.2 Å². The Labute approximate surface area is 83.3 Å². The Bertz CT molecular complexity index is 370. The zero-order chi connectivity index (χ0) is 10.3. The van der Waals surface area contributed by atoms with Crippen molar-refractivity contribution in [3.63, 3.8) is 0 Å². The Balaban J connectivity index is 3.23. The van der Waals surface area contributed by atoms with Crippen LogP contribution in [0, 0.1) is 0 Å². The number of allylic oxidation sites excluding steroid dienone is 2. The van der Waals surface area contributed by atoms with Gasteiger partial charge in [0, 0.05) is 4.48 Å². The Morgan fingerprint density at radius 3 is 2.46 bits per heavy atom. The highest BCUT2D eigenvalue weighted by atomic mass is 79.9. The van der Waals surface area contributed by atoms with Crippen molar-refractivity contribution in [2.24, 2.45) is 0 Å². The summed E-state index contributed by atoms with van der Waals surface area (Å²) >= 11 is 2.85. The molecule has 1 rings (SSSR count). The second-order valence-electron chi connectivity index (χ2n) is 2.54. The van der Waals surface area contributed by atoms with Crippen LogP contribution in [0.4, 0.5) is 0 Å². The molecule has 0 saturated carbocycles. The summed E-state index contributed by atoms with van der Waals surface area (Å²) in [4.78, 5) is -2.67. The van der Waals surface area contributed by atoms with Crippen molar-refractivity contribution in [3.8, 4) is 0 Å². The average Bonchev–Trinajstić information content (AvgIpc) is 1.98. The van der Waals surface area contributed by atoms with Gasteiger partial charge in [-0.2, -0.15) is 8.42 Å². The monoisotopic (exact) mass is 270 g/mol. The highest BCUT2D eigenvalue weighted by Gasteiger charge is 2.47. The molecule has 0 spiro atoms. The molecule has 2 atom stereocenters. The lowest BCUT2D eigenvalue weighted by Gasteiger charge is -2.28. The maximum atomic E-state index is 10.7. The van der Waals surface area contributed by atoms with Crippen molar-refractivity contribution in [3.05, 3.63) is 22.7 Å². The molecule has 0 radical (unpaired) electrons. The van der Waals surface area contributed by atoms with Gasteiger partial charge in [-0.05, 0) is 12.2 Å². The minimum absolute atomic E-state index is 0.0788. The molecule has 74 valence electrons. The third-order valence-corrected chi connectivity index (χ3v) is 3.54. The third kappa shape index (κ3) is 1.70. The maximum absolute atomic E-state index is 10.7. The molecule has 0 saturated heterocycles. The van der Waals surface area contributed by atoms with E-state index in [1.807, 2.05) is 0 Å².